The van der Waals surface area contributed by atoms with Crippen molar-refractivity contribution < 1.29 is 30.1 Å². The Kier molecular flexibility index (Phi) is 10.6. The van der Waals surface area contributed by atoms with Crippen LogP contribution in [-0.4, -0.2) is 33.7 Å². The van der Waals surface area contributed by atoms with Gasteiger partial charge in [-0.15, -0.1) is 0 Å². The molecule has 10 N–H and O–H groups in total. The Balaban J connectivity index is 0.000000166. The van der Waals surface area contributed by atoms with E-state index in [1.54, 1.807) is 9.80 Å². The number of benzene rings is 5. The molecule has 0 unspecified atom stereocenters. The Bertz CT molecular complexity index is 1830. The SMILES string of the molecule is NC(=O)N1c2ccccc2C=Cc2ccccc21.NC(=O)N1c2ccccc2C=Cc2ccccc21.Nc1ccc(C(=O)O)c(O)c1.O. The molecule has 11 heteroatoms. The largest absolute Gasteiger partial charge is 0.507 e. The van der Waals surface area contributed by atoms with Crippen molar-refractivity contribution in [3.63, 3.8) is 0 Å². The van der Waals surface area contributed by atoms with Crippen molar-refractivity contribution in [2.75, 3.05) is 15.5 Å². The summed E-state index contributed by atoms with van der Waals surface area (Å²) in [5.41, 5.74) is 23.7. The lowest BCUT2D eigenvalue weighted by atomic mass is 10.1. The van der Waals surface area contributed by atoms with Crippen LogP contribution in [0.3, 0.4) is 0 Å². The summed E-state index contributed by atoms with van der Waals surface area (Å²) in [6.07, 6.45) is 7.99. The highest BCUT2D eigenvalue weighted by Crippen LogP contribution is 2.37. The molecule has 0 bridgehead atoms. The predicted molar refractivity (Wildman–Crippen MR) is 190 cm³/mol. The number of urea groups is 2. The quantitative estimate of drug-likeness (QED) is 0.127. The normalized spacial score (nSPS) is 11.6. The summed E-state index contributed by atoms with van der Waals surface area (Å²) in [7, 11) is 0. The van der Waals surface area contributed by atoms with Gasteiger partial charge in [0.25, 0.3) is 0 Å². The van der Waals surface area contributed by atoms with Gasteiger partial charge in [-0.1, -0.05) is 97.1 Å². The number of fused-ring (bicyclic) bond motifs is 4. The van der Waals surface area contributed by atoms with Crippen LogP contribution in [0.4, 0.5) is 38.0 Å². The molecule has 2 aliphatic rings. The average molecular weight is 644 g/mol. The topological polar surface area (TPSA) is 208 Å². The molecule has 11 nitrogen and oxygen atoms in total. The number of aromatic hydroxyl groups is 1. The number of amides is 4. The van der Waals surface area contributed by atoms with Crippen LogP contribution in [0, 0.1) is 0 Å². The number of phenols is 1. The number of para-hydroxylation sites is 4. The zero-order chi connectivity index (χ0) is 33.5. The van der Waals surface area contributed by atoms with E-state index in [-0.39, 0.29) is 16.8 Å². The highest BCUT2D eigenvalue weighted by atomic mass is 16.4. The minimum atomic E-state index is -1.16. The van der Waals surface area contributed by atoms with Crippen molar-refractivity contribution in [1.82, 2.24) is 0 Å². The van der Waals surface area contributed by atoms with E-state index in [4.69, 9.17) is 27.4 Å². The molecular weight excluding hydrogens is 610 g/mol. The number of hydrogen-bond donors (Lipinski definition) is 5. The smallest absolute Gasteiger partial charge is 0.339 e. The van der Waals surface area contributed by atoms with Crippen LogP contribution in [0.15, 0.2) is 115 Å². The van der Waals surface area contributed by atoms with E-state index in [0.29, 0.717) is 5.69 Å². The van der Waals surface area contributed by atoms with Crippen molar-refractivity contribution in [3.05, 3.63) is 143 Å². The lowest BCUT2D eigenvalue weighted by Gasteiger charge is -2.22. The molecule has 0 spiro atoms. The number of rotatable bonds is 1. The molecule has 242 valence electrons. The molecule has 48 heavy (non-hydrogen) atoms. The molecule has 2 aliphatic heterocycles. The third kappa shape index (κ3) is 7.33. The van der Waals surface area contributed by atoms with Crippen molar-refractivity contribution in [2.45, 2.75) is 0 Å². The number of anilines is 5. The molecule has 0 aliphatic carbocycles. The molecule has 0 fully saturated rings. The van der Waals surface area contributed by atoms with Crippen molar-refractivity contribution in [1.29, 1.82) is 0 Å². The Morgan fingerprint density at radius 2 is 0.833 bits per heavy atom. The summed E-state index contributed by atoms with van der Waals surface area (Å²) in [4.78, 5) is 36.9. The Morgan fingerprint density at radius 3 is 1.10 bits per heavy atom. The first-order valence-corrected chi connectivity index (χ1v) is 14.4. The summed E-state index contributed by atoms with van der Waals surface area (Å²) >= 11 is 0. The number of carbonyl (C=O) groups is 3. The van der Waals surface area contributed by atoms with Gasteiger partial charge in [-0.25, -0.2) is 14.4 Å². The lowest BCUT2D eigenvalue weighted by molar-refractivity contribution is 0.0693. The number of nitrogens with two attached hydrogens (primary N) is 3. The zero-order valence-electron chi connectivity index (χ0n) is 25.5. The molecule has 2 heterocycles. The first-order valence-electron chi connectivity index (χ1n) is 14.4. The number of nitrogens with zero attached hydrogens (tertiary/aromatic N) is 2. The van der Waals surface area contributed by atoms with Gasteiger partial charge >= 0.3 is 18.0 Å². The van der Waals surface area contributed by atoms with Crippen LogP contribution in [-0.2, 0) is 0 Å². The van der Waals surface area contributed by atoms with Gasteiger partial charge in [-0.3, -0.25) is 9.80 Å². The van der Waals surface area contributed by atoms with Gasteiger partial charge in [0.05, 0.1) is 22.7 Å². The number of carboxylic acids is 1. The molecule has 0 saturated carbocycles. The Hall–Kier alpha value is -6.85. The van der Waals surface area contributed by atoms with Crippen LogP contribution in [0.25, 0.3) is 24.3 Å². The fourth-order valence-corrected chi connectivity index (χ4v) is 5.15. The van der Waals surface area contributed by atoms with E-state index < -0.39 is 18.0 Å². The zero-order valence-corrected chi connectivity index (χ0v) is 25.5. The summed E-state index contributed by atoms with van der Waals surface area (Å²) in [6, 6.07) is 33.7. The Morgan fingerprint density at radius 1 is 0.521 bits per heavy atom. The molecule has 0 aromatic heterocycles. The molecule has 0 saturated heterocycles. The fraction of sp³-hybridized carbons (Fsp3) is 0. The van der Waals surface area contributed by atoms with Gasteiger partial charge in [-0.2, -0.15) is 0 Å². The Labute approximate surface area is 276 Å². The first-order chi connectivity index (χ1) is 22.7. The van der Waals surface area contributed by atoms with E-state index in [9.17, 15) is 14.4 Å². The fourth-order valence-electron chi connectivity index (χ4n) is 5.15. The predicted octanol–water partition coefficient (Wildman–Crippen LogP) is 6.62. The molecular formula is C37H33N5O6. The minimum Gasteiger partial charge on any atom is -0.507 e. The molecule has 5 aromatic rings. The second-order valence-corrected chi connectivity index (χ2v) is 10.3. The van der Waals surface area contributed by atoms with Gasteiger partial charge < -0.3 is 32.9 Å². The molecule has 0 radical (unpaired) electrons. The highest BCUT2D eigenvalue weighted by Gasteiger charge is 2.22. The standard InChI is InChI=1S/2C15H12N2O.C7H7NO3.H2O/c2*16-15(18)17-13-7-3-1-5-11(13)9-10-12-6-2-4-8-14(12)17;8-4-1-2-5(7(10)11)6(9)3-4;/h2*1-10H,(H2,16,18);1-3,9H,8H2,(H,10,11);1H2. The van der Waals surface area contributed by atoms with Crippen LogP contribution < -0.4 is 27.0 Å². The van der Waals surface area contributed by atoms with Gasteiger partial charge in [0.15, 0.2) is 0 Å². The molecule has 5 aromatic carbocycles. The number of carboxylic acid groups (broad SMARTS) is 1. The van der Waals surface area contributed by atoms with E-state index in [1.807, 2.05) is 121 Å². The van der Waals surface area contributed by atoms with Gasteiger partial charge in [0, 0.05) is 11.8 Å². The molecule has 4 amide bonds. The van der Waals surface area contributed by atoms with Crippen molar-refractivity contribution in [2.24, 2.45) is 11.5 Å². The third-order valence-electron chi connectivity index (χ3n) is 7.29. The third-order valence-corrected chi connectivity index (χ3v) is 7.29. The number of aromatic carboxylic acids is 1. The first kappa shape index (κ1) is 34.0. The maximum Gasteiger partial charge on any atom is 0.339 e. The maximum atomic E-state index is 11.8. The van der Waals surface area contributed by atoms with Crippen LogP contribution in [0.2, 0.25) is 0 Å². The summed E-state index contributed by atoms with van der Waals surface area (Å²) in [5.74, 6) is -1.47. The molecule has 0 atom stereocenters. The maximum absolute atomic E-state index is 11.8. The highest BCUT2D eigenvalue weighted by molar-refractivity contribution is 6.06. The van der Waals surface area contributed by atoms with Gasteiger partial charge in [0.1, 0.15) is 11.3 Å². The van der Waals surface area contributed by atoms with Crippen LogP contribution >= 0.6 is 0 Å². The van der Waals surface area contributed by atoms with E-state index in [2.05, 4.69) is 0 Å². The number of hydrogen-bond acceptors (Lipinski definition) is 5. The van der Waals surface area contributed by atoms with Gasteiger partial charge in [0.2, 0.25) is 0 Å². The lowest BCUT2D eigenvalue weighted by Crippen LogP contribution is -2.32. The van der Waals surface area contributed by atoms with E-state index in [0.717, 1.165) is 45.0 Å². The summed E-state index contributed by atoms with van der Waals surface area (Å²) in [6.45, 7) is 0. The molecule has 7 rings (SSSR count). The van der Waals surface area contributed by atoms with Crippen molar-refractivity contribution in [3.8, 4) is 5.75 Å². The number of carbonyl (C=O) groups excluding carboxylic acids is 2. The van der Waals surface area contributed by atoms with Crippen LogP contribution in [0.1, 0.15) is 32.6 Å². The average Bonchev–Trinajstić information content (AvgIpc) is 3.33. The number of nitrogen functional groups attached to an aromatic ring is 1. The second kappa shape index (κ2) is 15.0. The van der Waals surface area contributed by atoms with Crippen molar-refractivity contribution >= 4 is 70.8 Å². The van der Waals surface area contributed by atoms with E-state index in [1.165, 1.54) is 18.2 Å². The number of primary amides is 2. The van der Waals surface area contributed by atoms with Gasteiger partial charge in [-0.05, 0) is 58.7 Å². The second-order valence-electron chi connectivity index (χ2n) is 10.3. The van der Waals surface area contributed by atoms with E-state index >= 15 is 0 Å². The minimum absolute atomic E-state index is 0. The summed E-state index contributed by atoms with van der Waals surface area (Å²) < 4.78 is 0. The van der Waals surface area contributed by atoms with Crippen LogP contribution in [0.5, 0.6) is 5.75 Å². The summed E-state index contributed by atoms with van der Waals surface area (Å²) in [5, 5.41) is 17.5. The monoisotopic (exact) mass is 643 g/mol.